The van der Waals surface area contributed by atoms with Gasteiger partial charge in [0.25, 0.3) is 0 Å². The van der Waals surface area contributed by atoms with Gasteiger partial charge in [0.05, 0.1) is 12.3 Å². The second kappa shape index (κ2) is 10.8. The summed E-state index contributed by atoms with van der Waals surface area (Å²) in [6.07, 6.45) is 3.93. The maximum atomic E-state index is 6.23. The van der Waals surface area contributed by atoms with Gasteiger partial charge in [-0.3, -0.25) is 0 Å². The van der Waals surface area contributed by atoms with E-state index in [2.05, 4.69) is 46.7 Å². The fourth-order valence-corrected chi connectivity index (χ4v) is 4.85. The fourth-order valence-electron chi connectivity index (χ4n) is 3.39. The van der Waals surface area contributed by atoms with Crippen LogP contribution in [-0.2, 0) is 4.74 Å². The summed E-state index contributed by atoms with van der Waals surface area (Å²) in [7, 11) is 1.80. The van der Waals surface area contributed by atoms with Crippen molar-refractivity contribution in [2.75, 3.05) is 20.0 Å². The van der Waals surface area contributed by atoms with E-state index < -0.39 is 0 Å². The molecular weight excluding hydrogens is 452 g/mol. The Hall–Kier alpha value is -2.87. The molecule has 2 aromatic carbocycles. The molecule has 0 saturated heterocycles. The third kappa shape index (κ3) is 5.93. The molecule has 2 aromatic heterocycles. The first-order valence-electron chi connectivity index (χ1n) is 10.7. The Morgan fingerprint density at radius 1 is 1.03 bits per heavy atom. The molecule has 0 spiro atoms. The molecule has 4 aromatic rings. The van der Waals surface area contributed by atoms with E-state index in [0.29, 0.717) is 12.4 Å². The number of hydrogen-bond donors (Lipinski definition) is 1. The van der Waals surface area contributed by atoms with Crippen LogP contribution in [0.5, 0.6) is 17.2 Å². The molecule has 1 unspecified atom stereocenters. The number of ether oxygens (including phenoxy) is 3. The van der Waals surface area contributed by atoms with Gasteiger partial charge in [-0.25, -0.2) is 4.98 Å². The van der Waals surface area contributed by atoms with E-state index in [0.717, 1.165) is 33.5 Å². The Morgan fingerprint density at radius 2 is 1.79 bits per heavy atom. The minimum Gasteiger partial charge on any atom is -0.488 e. The molecule has 33 heavy (non-hydrogen) atoms. The van der Waals surface area contributed by atoms with E-state index in [1.165, 1.54) is 4.90 Å². The highest BCUT2D eigenvalue weighted by Gasteiger charge is 2.12. The summed E-state index contributed by atoms with van der Waals surface area (Å²) in [5.41, 5.74) is 2.93. The standard InChI is InChI=1S/C26H28N2O3S2/c1-5-33(4)23-8-6-20(7-9-23)31-22-15-19(14-21(16-22)30-18(2)17-29-3)24-10-11-25(28-24)26-27-12-13-32-26/h5-16,18,28H,17H2,1-4H3/t18-,33?/m0/s1. The van der Waals surface area contributed by atoms with Gasteiger partial charge in [-0.15, -0.1) is 11.3 Å². The number of aromatic amines is 1. The molecule has 0 radical (unpaired) electrons. The van der Waals surface area contributed by atoms with Crippen LogP contribution in [0.15, 0.2) is 71.1 Å². The van der Waals surface area contributed by atoms with Crippen molar-refractivity contribution < 1.29 is 14.2 Å². The maximum absolute atomic E-state index is 6.23. The first-order valence-corrected chi connectivity index (χ1v) is 13.3. The molecule has 4 rings (SSSR count). The molecule has 1 N–H and O–H groups in total. The number of H-pyrrole nitrogens is 1. The van der Waals surface area contributed by atoms with Gasteiger partial charge in [-0.1, -0.05) is 5.37 Å². The molecule has 2 heterocycles. The Morgan fingerprint density at radius 3 is 2.48 bits per heavy atom. The third-order valence-electron chi connectivity index (χ3n) is 5.06. The molecule has 5 nitrogen and oxygen atoms in total. The van der Waals surface area contributed by atoms with Gasteiger partial charge in [-0.2, -0.15) is 10.5 Å². The largest absolute Gasteiger partial charge is 0.488 e. The zero-order chi connectivity index (χ0) is 23.2. The van der Waals surface area contributed by atoms with Gasteiger partial charge in [0.2, 0.25) is 0 Å². The summed E-state index contributed by atoms with van der Waals surface area (Å²) in [6, 6.07) is 18.3. The predicted octanol–water partition coefficient (Wildman–Crippen LogP) is 7.09. The van der Waals surface area contributed by atoms with Crippen molar-refractivity contribution in [1.29, 1.82) is 0 Å². The maximum Gasteiger partial charge on any atom is 0.139 e. The summed E-state index contributed by atoms with van der Waals surface area (Å²) in [5.74, 6) is 2.22. The van der Waals surface area contributed by atoms with Crippen LogP contribution in [0, 0.1) is 0 Å². The van der Waals surface area contributed by atoms with Gasteiger partial charge in [0.15, 0.2) is 0 Å². The van der Waals surface area contributed by atoms with Crippen molar-refractivity contribution >= 4 is 27.2 Å². The monoisotopic (exact) mass is 480 g/mol. The van der Waals surface area contributed by atoms with E-state index in [4.69, 9.17) is 14.2 Å². The second-order valence-corrected chi connectivity index (χ2v) is 10.5. The number of benzene rings is 2. The third-order valence-corrected chi connectivity index (χ3v) is 7.59. The molecule has 172 valence electrons. The van der Waals surface area contributed by atoms with E-state index in [1.807, 2.05) is 54.9 Å². The van der Waals surface area contributed by atoms with Crippen molar-refractivity contribution in [1.82, 2.24) is 9.97 Å². The fraction of sp³-hybridized carbons (Fsp3) is 0.231. The van der Waals surface area contributed by atoms with Crippen molar-refractivity contribution in [3.05, 3.63) is 66.2 Å². The molecule has 0 saturated carbocycles. The van der Waals surface area contributed by atoms with Crippen molar-refractivity contribution in [3.63, 3.8) is 0 Å². The van der Waals surface area contributed by atoms with Crippen LogP contribution in [0.3, 0.4) is 0 Å². The topological polar surface area (TPSA) is 56.4 Å². The summed E-state index contributed by atoms with van der Waals surface area (Å²) in [6.45, 7) is 4.58. The highest BCUT2D eigenvalue weighted by molar-refractivity contribution is 8.14. The van der Waals surface area contributed by atoms with E-state index in [1.54, 1.807) is 18.4 Å². The highest BCUT2D eigenvalue weighted by atomic mass is 32.2. The summed E-state index contributed by atoms with van der Waals surface area (Å²) in [4.78, 5) is 9.15. The van der Waals surface area contributed by atoms with Gasteiger partial charge < -0.3 is 19.2 Å². The van der Waals surface area contributed by atoms with Crippen LogP contribution >= 0.6 is 21.8 Å². The summed E-state index contributed by atoms with van der Waals surface area (Å²) >= 11 is 1.60. The van der Waals surface area contributed by atoms with Crippen molar-refractivity contribution in [2.45, 2.75) is 24.8 Å². The zero-order valence-corrected chi connectivity index (χ0v) is 20.8. The first kappa shape index (κ1) is 23.3. The number of rotatable bonds is 9. The van der Waals surface area contributed by atoms with Crippen LogP contribution in [-0.4, -0.2) is 41.4 Å². The first-order chi connectivity index (χ1) is 16.1. The second-order valence-electron chi connectivity index (χ2n) is 7.57. The van der Waals surface area contributed by atoms with Crippen molar-refractivity contribution in [2.24, 2.45) is 0 Å². The quantitative estimate of drug-likeness (QED) is 0.260. The number of nitrogens with one attached hydrogen (secondary N) is 1. The van der Waals surface area contributed by atoms with E-state index in [9.17, 15) is 0 Å². The number of aromatic nitrogens is 2. The van der Waals surface area contributed by atoms with Crippen LogP contribution in [0.2, 0.25) is 0 Å². The lowest BCUT2D eigenvalue weighted by Crippen LogP contribution is -2.17. The molecule has 0 aliphatic rings. The minimum absolute atomic E-state index is 0.0836. The van der Waals surface area contributed by atoms with Gasteiger partial charge in [0.1, 0.15) is 28.4 Å². The number of thiazole rings is 1. The molecule has 0 aliphatic heterocycles. The van der Waals surface area contributed by atoms with E-state index >= 15 is 0 Å². The predicted molar refractivity (Wildman–Crippen MR) is 139 cm³/mol. The minimum atomic E-state index is -0.0836. The Kier molecular flexibility index (Phi) is 7.65. The SMILES string of the molecule is C/C=S(\C)c1ccc(Oc2cc(O[C@@H](C)COC)cc(-c3ccc(-c4nccs4)[nH]3)c2)cc1. The van der Waals surface area contributed by atoms with Crippen LogP contribution in [0.25, 0.3) is 22.0 Å². The van der Waals surface area contributed by atoms with Crippen molar-refractivity contribution in [3.8, 4) is 39.2 Å². The molecule has 0 aliphatic carbocycles. The zero-order valence-electron chi connectivity index (χ0n) is 19.2. The van der Waals surface area contributed by atoms with Gasteiger partial charge in [0, 0.05) is 40.9 Å². The molecule has 0 fully saturated rings. The number of methoxy groups -OCH3 is 1. The average Bonchev–Trinajstić information content (AvgIpc) is 3.51. The molecule has 2 atom stereocenters. The van der Waals surface area contributed by atoms with Crippen LogP contribution in [0.4, 0.5) is 0 Å². The molecule has 7 heteroatoms. The smallest absolute Gasteiger partial charge is 0.139 e. The summed E-state index contributed by atoms with van der Waals surface area (Å²) in [5, 5.41) is 5.14. The van der Waals surface area contributed by atoms with Crippen LogP contribution < -0.4 is 9.47 Å². The Balaban J connectivity index is 1.64. The van der Waals surface area contributed by atoms with Gasteiger partial charge >= 0.3 is 0 Å². The average molecular weight is 481 g/mol. The normalized spacial score (nSPS) is 13.1. The number of hydrogen-bond acceptors (Lipinski definition) is 5. The molecular formula is C26H28N2O3S2. The molecule has 0 bridgehead atoms. The lowest BCUT2D eigenvalue weighted by atomic mass is 10.1. The van der Waals surface area contributed by atoms with Crippen LogP contribution in [0.1, 0.15) is 13.8 Å². The Labute approximate surface area is 201 Å². The highest BCUT2D eigenvalue weighted by Crippen LogP contribution is 2.35. The summed E-state index contributed by atoms with van der Waals surface area (Å²) < 4.78 is 17.6. The lowest BCUT2D eigenvalue weighted by molar-refractivity contribution is 0.0920. The van der Waals surface area contributed by atoms with Gasteiger partial charge in [-0.05, 0) is 68.6 Å². The number of nitrogens with zero attached hydrogens (tertiary/aromatic N) is 1. The molecule has 0 amide bonds. The Bertz CT molecular complexity index is 1210. The lowest BCUT2D eigenvalue weighted by Gasteiger charge is -2.16. The van der Waals surface area contributed by atoms with E-state index in [-0.39, 0.29) is 16.6 Å².